The van der Waals surface area contributed by atoms with Gasteiger partial charge in [-0.15, -0.1) is 12.4 Å². The van der Waals surface area contributed by atoms with Crippen LogP contribution in [0.3, 0.4) is 0 Å². The molecule has 0 spiro atoms. The summed E-state index contributed by atoms with van der Waals surface area (Å²) in [4.78, 5) is 13.5. The maximum Gasteiger partial charge on any atom is 0.269 e. The lowest BCUT2D eigenvalue weighted by atomic mass is 10.2. The minimum absolute atomic E-state index is 0. The highest BCUT2D eigenvalue weighted by Crippen LogP contribution is 2.12. The Morgan fingerprint density at radius 1 is 1.47 bits per heavy atom. The first-order chi connectivity index (χ1) is 6.74. The largest absolute Gasteiger partial charge is 0.479 e. The number of nitro groups is 1. The highest BCUT2D eigenvalue weighted by atomic mass is 35.5. The molecular weight excluding hydrogens is 220 g/mol. The van der Waals surface area contributed by atoms with E-state index in [9.17, 15) is 10.1 Å². The first kappa shape index (κ1) is 13.4. The summed E-state index contributed by atoms with van der Waals surface area (Å²) in [5, 5.41) is 10.3. The van der Waals surface area contributed by atoms with Crippen LogP contribution >= 0.6 is 12.4 Å². The van der Waals surface area contributed by atoms with Crippen LogP contribution in [0.2, 0.25) is 0 Å². The van der Waals surface area contributed by atoms with Crippen molar-refractivity contribution < 1.29 is 9.66 Å². The molecule has 0 fully saturated rings. The average molecular weight is 231 g/mol. The molecule has 0 saturated carbocycles. The number of nitro benzene ring substituents is 1. The van der Waals surface area contributed by atoms with Crippen molar-refractivity contribution in [3.05, 3.63) is 39.9 Å². The molecular formula is C9H11ClN2O3. The molecule has 1 aromatic rings. The quantitative estimate of drug-likeness (QED) is 0.345. The summed E-state index contributed by atoms with van der Waals surface area (Å²) in [6, 6.07) is 6.20. The van der Waals surface area contributed by atoms with E-state index in [0.29, 0.717) is 6.61 Å². The zero-order valence-electron chi connectivity index (χ0n) is 8.12. The Morgan fingerprint density at radius 3 is 2.53 bits per heavy atom. The van der Waals surface area contributed by atoms with Crippen LogP contribution in [0.25, 0.3) is 0 Å². The molecule has 0 aliphatic carbocycles. The Hall–Kier alpha value is -1.62. The van der Waals surface area contributed by atoms with Gasteiger partial charge in [-0.3, -0.25) is 15.1 Å². The molecule has 82 valence electrons. The van der Waals surface area contributed by atoms with Gasteiger partial charge in [0, 0.05) is 19.2 Å². The van der Waals surface area contributed by atoms with E-state index in [1.54, 1.807) is 19.2 Å². The summed E-state index contributed by atoms with van der Waals surface area (Å²) in [5.74, 6) is 0. The van der Waals surface area contributed by atoms with Gasteiger partial charge in [-0.2, -0.15) is 0 Å². The maximum atomic E-state index is 10.3. The van der Waals surface area contributed by atoms with Crippen LogP contribution in [-0.4, -0.2) is 18.4 Å². The Bertz CT molecular complexity index is 338. The lowest BCUT2D eigenvalue weighted by molar-refractivity contribution is -0.384. The fraction of sp³-hybridized carbons (Fsp3) is 0.222. The molecule has 0 heterocycles. The number of rotatable bonds is 4. The van der Waals surface area contributed by atoms with Crippen LogP contribution in [-0.2, 0) is 11.3 Å². The van der Waals surface area contributed by atoms with E-state index >= 15 is 0 Å². The highest BCUT2D eigenvalue weighted by molar-refractivity contribution is 5.85. The van der Waals surface area contributed by atoms with Crippen molar-refractivity contribution in [2.24, 2.45) is 4.99 Å². The van der Waals surface area contributed by atoms with Crippen molar-refractivity contribution >= 4 is 24.5 Å². The lowest BCUT2D eigenvalue weighted by Gasteiger charge is -1.99. The Morgan fingerprint density at radius 2 is 2.07 bits per heavy atom. The van der Waals surface area contributed by atoms with E-state index in [2.05, 4.69) is 4.99 Å². The molecule has 0 radical (unpaired) electrons. The van der Waals surface area contributed by atoms with Crippen LogP contribution in [0.4, 0.5) is 5.69 Å². The second-order valence-corrected chi connectivity index (χ2v) is 2.60. The summed E-state index contributed by atoms with van der Waals surface area (Å²) in [7, 11) is 1.61. The third kappa shape index (κ3) is 4.42. The van der Waals surface area contributed by atoms with Crippen LogP contribution < -0.4 is 0 Å². The maximum absolute atomic E-state index is 10.3. The zero-order chi connectivity index (χ0) is 10.4. The lowest BCUT2D eigenvalue weighted by Crippen LogP contribution is -1.92. The SMILES string of the molecule is CN=COCc1ccc([N+](=O)[O-])cc1.Cl. The third-order valence-corrected chi connectivity index (χ3v) is 1.58. The van der Waals surface area contributed by atoms with Crippen LogP contribution in [0.5, 0.6) is 0 Å². The van der Waals surface area contributed by atoms with Crippen molar-refractivity contribution in [2.45, 2.75) is 6.61 Å². The van der Waals surface area contributed by atoms with E-state index in [1.807, 2.05) is 0 Å². The molecule has 0 aliphatic rings. The normalized spacial score (nSPS) is 9.67. The molecule has 0 atom stereocenters. The predicted molar refractivity (Wildman–Crippen MR) is 59.5 cm³/mol. The van der Waals surface area contributed by atoms with Gasteiger partial charge in [-0.1, -0.05) is 0 Å². The standard InChI is InChI=1S/C9H10N2O3.ClH/c1-10-7-14-6-8-2-4-9(5-3-8)11(12)13;/h2-5,7H,6H2,1H3;1H. The van der Waals surface area contributed by atoms with E-state index < -0.39 is 4.92 Å². The van der Waals surface area contributed by atoms with Gasteiger partial charge in [0.15, 0.2) is 6.40 Å². The van der Waals surface area contributed by atoms with Crippen molar-refractivity contribution in [2.75, 3.05) is 7.05 Å². The van der Waals surface area contributed by atoms with E-state index in [1.165, 1.54) is 18.5 Å². The number of halogens is 1. The van der Waals surface area contributed by atoms with Gasteiger partial charge in [0.25, 0.3) is 5.69 Å². The van der Waals surface area contributed by atoms with Crippen molar-refractivity contribution in [1.82, 2.24) is 0 Å². The fourth-order valence-electron chi connectivity index (χ4n) is 0.922. The van der Waals surface area contributed by atoms with Gasteiger partial charge in [-0.25, -0.2) is 0 Å². The second-order valence-electron chi connectivity index (χ2n) is 2.60. The van der Waals surface area contributed by atoms with Gasteiger partial charge >= 0.3 is 0 Å². The van der Waals surface area contributed by atoms with Crippen molar-refractivity contribution in [1.29, 1.82) is 0 Å². The third-order valence-electron chi connectivity index (χ3n) is 1.58. The van der Waals surface area contributed by atoms with Gasteiger partial charge in [-0.05, 0) is 17.7 Å². The number of non-ortho nitro benzene ring substituents is 1. The Balaban J connectivity index is 0.00000196. The van der Waals surface area contributed by atoms with Crippen LogP contribution in [0.1, 0.15) is 5.56 Å². The number of aliphatic imine (C=N–C) groups is 1. The molecule has 0 N–H and O–H groups in total. The first-order valence-corrected chi connectivity index (χ1v) is 3.99. The zero-order valence-corrected chi connectivity index (χ0v) is 8.94. The second kappa shape index (κ2) is 6.78. The molecule has 0 aromatic heterocycles. The number of hydrogen-bond acceptors (Lipinski definition) is 4. The molecule has 0 aliphatic heterocycles. The molecule has 1 rings (SSSR count). The molecule has 15 heavy (non-hydrogen) atoms. The van der Waals surface area contributed by atoms with Gasteiger partial charge in [0.2, 0.25) is 0 Å². The van der Waals surface area contributed by atoms with E-state index in [0.717, 1.165) is 5.56 Å². The number of ether oxygens (including phenoxy) is 1. The highest BCUT2D eigenvalue weighted by Gasteiger charge is 2.03. The van der Waals surface area contributed by atoms with Crippen LogP contribution in [0, 0.1) is 10.1 Å². The molecule has 5 nitrogen and oxygen atoms in total. The monoisotopic (exact) mass is 230 g/mol. The predicted octanol–water partition coefficient (Wildman–Crippen LogP) is 2.19. The van der Waals surface area contributed by atoms with E-state index in [-0.39, 0.29) is 18.1 Å². The molecule has 0 saturated heterocycles. The summed E-state index contributed by atoms with van der Waals surface area (Å²) < 4.78 is 5.01. The molecule has 0 bridgehead atoms. The van der Waals surface area contributed by atoms with Crippen molar-refractivity contribution in [3.63, 3.8) is 0 Å². The number of hydrogen-bond donors (Lipinski definition) is 0. The Labute approximate surface area is 93.3 Å². The summed E-state index contributed by atoms with van der Waals surface area (Å²) in [5.41, 5.74) is 0.952. The van der Waals surface area contributed by atoms with E-state index in [4.69, 9.17) is 4.74 Å². The number of benzene rings is 1. The summed E-state index contributed by atoms with van der Waals surface area (Å²) in [6.45, 7) is 0.370. The number of nitrogens with zero attached hydrogens (tertiary/aromatic N) is 2. The average Bonchev–Trinajstić information content (AvgIpc) is 2.19. The fourth-order valence-corrected chi connectivity index (χ4v) is 0.922. The molecule has 1 aromatic carbocycles. The molecule has 0 unspecified atom stereocenters. The molecule has 6 heteroatoms. The van der Waals surface area contributed by atoms with Gasteiger partial charge < -0.3 is 4.74 Å². The van der Waals surface area contributed by atoms with Crippen molar-refractivity contribution in [3.8, 4) is 0 Å². The minimum Gasteiger partial charge on any atom is -0.479 e. The van der Waals surface area contributed by atoms with Gasteiger partial charge in [0.05, 0.1) is 4.92 Å². The van der Waals surface area contributed by atoms with Gasteiger partial charge in [0.1, 0.15) is 6.61 Å². The Kier molecular flexibility index (Phi) is 6.05. The van der Waals surface area contributed by atoms with Crippen LogP contribution in [0.15, 0.2) is 29.3 Å². The molecule has 0 amide bonds. The minimum atomic E-state index is -0.432. The first-order valence-electron chi connectivity index (χ1n) is 3.99. The smallest absolute Gasteiger partial charge is 0.269 e. The summed E-state index contributed by atoms with van der Waals surface area (Å²) in [6.07, 6.45) is 1.33. The topological polar surface area (TPSA) is 64.7 Å². The summed E-state index contributed by atoms with van der Waals surface area (Å²) >= 11 is 0.